The number of methoxy groups -OCH3 is 2. The summed E-state index contributed by atoms with van der Waals surface area (Å²) < 4.78 is 24.4. The summed E-state index contributed by atoms with van der Waals surface area (Å²) in [4.78, 5) is 87.9. The van der Waals surface area contributed by atoms with Gasteiger partial charge in [0.15, 0.2) is 23.0 Å². The zero-order valence-electron chi connectivity index (χ0n) is 46.5. The van der Waals surface area contributed by atoms with Crippen molar-refractivity contribution in [2.24, 2.45) is 16.0 Å². The minimum absolute atomic E-state index is 0.00602. The van der Waals surface area contributed by atoms with Crippen LogP contribution in [0.2, 0.25) is 0 Å². The van der Waals surface area contributed by atoms with E-state index in [1.165, 1.54) is 21.1 Å². The van der Waals surface area contributed by atoms with Crippen molar-refractivity contribution in [1.82, 2.24) is 16.1 Å². The number of nitrogens with zero attached hydrogens (tertiary/aromatic N) is 4. The summed E-state index contributed by atoms with van der Waals surface area (Å²) in [6, 6.07) is 26.5. The Labute approximate surface area is 466 Å². The Morgan fingerprint density at radius 2 is 1.34 bits per heavy atom. The maximum absolute atomic E-state index is 14.1. The number of rotatable bonds is 22. The molecule has 0 saturated heterocycles. The second kappa shape index (κ2) is 26.7. The Morgan fingerprint density at radius 1 is 0.738 bits per heavy atom. The first-order valence-electron chi connectivity index (χ1n) is 27.5. The lowest BCUT2D eigenvalue weighted by molar-refractivity contribution is -0.128. The fraction of sp³-hybridized carbons (Fsp3) is 0.377. The number of para-hydroxylation sites is 2. The van der Waals surface area contributed by atoms with Gasteiger partial charge in [-0.05, 0) is 110 Å². The van der Waals surface area contributed by atoms with E-state index < -0.39 is 17.9 Å². The van der Waals surface area contributed by atoms with Crippen LogP contribution in [-0.2, 0) is 45.2 Å². The van der Waals surface area contributed by atoms with Crippen molar-refractivity contribution in [3.8, 4) is 23.0 Å². The zero-order chi connectivity index (χ0) is 56.9. The molecule has 0 aliphatic carbocycles. The molecule has 2 unspecified atom stereocenters. The van der Waals surface area contributed by atoms with Gasteiger partial charge in [0.2, 0.25) is 23.6 Å². The van der Waals surface area contributed by atoms with Crippen molar-refractivity contribution < 1.29 is 47.7 Å². The third kappa shape index (κ3) is 13.4. The Morgan fingerprint density at radius 3 is 2.00 bits per heavy atom. The van der Waals surface area contributed by atoms with Crippen LogP contribution >= 0.6 is 0 Å². The summed E-state index contributed by atoms with van der Waals surface area (Å²) in [5.74, 6) is -0.354. The summed E-state index contributed by atoms with van der Waals surface area (Å²) in [6.45, 7) is 9.80. The molecule has 5 N–H and O–H groups in total. The van der Waals surface area contributed by atoms with Crippen molar-refractivity contribution >= 4 is 76.3 Å². The summed E-state index contributed by atoms with van der Waals surface area (Å²) >= 11 is 0. The standard InChI is InChI=1S/C59H65N9O10.C2H6/c1-6-36(7-2)29-63-66-55(70)19-13-12-18-54(69)62-32-56(71)64-35(3)57(72)65-41-21-37(33-77-52-27-46-44(25-50(52)75-4)58(73)67-42(30-60-46)23-39-14-8-10-16-48(39)67)20-38(22-41)34-78-53-28-47-45(26-51(53)76-5)59(74)68-43(31-61-47)24-40-15-9-11-17-49(40)68;1-2/h8-11,14-17,20-22,25-30,35-36,42-43,61H,6-7,12-13,18-19,23-24,31-34H2,1-5H3,(H,62,69)(H,64,71)(H,65,72)(H,66,70);1-2H3/t35?,42-,43?;/m0./s1. The SMILES string of the molecule is CC.CCC(C=NNC(=O)CCCCC(=O)NCC(=O)NC(C)C(=O)Nc1cc(COc2cc3c(cc2OC)C(=O)N2c4ccccc4C[C@H]2C=N3)cc(COc2cc3c(cc2OC)C(=O)N2c4ccccc4CC2CN3)c1)CC. The summed E-state index contributed by atoms with van der Waals surface area (Å²) in [5.41, 5.74) is 9.92. The molecule has 5 aromatic carbocycles. The van der Waals surface area contributed by atoms with Crippen LogP contribution in [-0.4, -0.2) is 93.3 Å². The highest BCUT2D eigenvalue weighted by atomic mass is 16.5. The first-order chi connectivity index (χ1) is 38.8. The monoisotopic (exact) mass is 1090 g/mol. The minimum atomic E-state index is -1.01. The first kappa shape index (κ1) is 57.4. The molecule has 3 atom stereocenters. The van der Waals surface area contributed by atoms with Gasteiger partial charge in [-0.2, -0.15) is 5.10 Å². The second-order valence-electron chi connectivity index (χ2n) is 19.7. The van der Waals surface area contributed by atoms with E-state index in [0.29, 0.717) is 94.0 Å². The number of benzene rings is 5. The zero-order valence-corrected chi connectivity index (χ0v) is 46.5. The molecule has 4 aliphatic rings. The molecular weight excluding hydrogens is 1020 g/mol. The summed E-state index contributed by atoms with van der Waals surface area (Å²) in [6.07, 6.45) is 8.00. The smallest absolute Gasteiger partial charge is 0.261 e. The Kier molecular flexibility index (Phi) is 19.2. The minimum Gasteiger partial charge on any atom is -0.493 e. The van der Waals surface area contributed by atoms with Gasteiger partial charge in [0.1, 0.15) is 19.3 Å². The number of nitrogens with one attached hydrogen (secondary N) is 5. The molecule has 420 valence electrons. The summed E-state index contributed by atoms with van der Waals surface area (Å²) in [7, 11) is 3.00. The highest BCUT2D eigenvalue weighted by Gasteiger charge is 2.39. The van der Waals surface area contributed by atoms with Gasteiger partial charge in [-0.15, -0.1) is 0 Å². The van der Waals surface area contributed by atoms with E-state index in [-0.39, 0.29) is 68.3 Å². The van der Waals surface area contributed by atoms with Crippen LogP contribution in [0.25, 0.3) is 0 Å². The second-order valence-corrected chi connectivity index (χ2v) is 19.7. The van der Waals surface area contributed by atoms with Crippen LogP contribution < -0.4 is 55.4 Å². The number of anilines is 4. The molecule has 19 heteroatoms. The summed E-state index contributed by atoms with van der Waals surface area (Å²) in [5, 5.41) is 15.6. The Hall–Kier alpha value is -8.74. The van der Waals surface area contributed by atoms with Crippen LogP contribution in [0.3, 0.4) is 0 Å². The van der Waals surface area contributed by atoms with Gasteiger partial charge in [0.25, 0.3) is 11.8 Å². The van der Waals surface area contributed by atoms with Crippen molar-refractivity contribution in [3.05, 3.63) is 124 Å². The largest absolute Gasteiger partial charge is 0.493 e. The number of ether oxygens (including phenoxy) is 4. The van der Waals surface area contributed by atoms with Gasteiger partial charge in [0, 0.05) is 67.4 Å². The van der Waals surface area contributed by atoms with Crippen LogP contribution in [0, 0.1) is 5.92 Å². The van der Waals surface area contributed by atoms with Gasteiger partial charge >= 0.3 is 0 Å². The lowest BCUT2D eigenvalue weighted by Gasteiger charge is -2.22. The molecular formula is C61H71N9O10. The van der Waals surface area contributed by atoms with E-state index in [9.17, 15) is 28.8 Å². The molecule has 9 rings (SSSR count). The predicted molar refractivity (Wildman–Crippen MR) is 309 cm³/mol. The van der Waals surface area contributed by atoms with E-state index in [1.807, 2.05) is 73.3 Å². The lowest BCUT2D eigenvalue weighted by Crippen LogP contribution is -2.45. The lowest BCUT2D eigenvalue weighted by atomic mass is 10.1. The first-order valence-corrected chi connectivity index (χ1v) is 27.5. The number of fused-ring (bicyclic) bond motifs is 8. The van der Waals surface area contributed by atoms with Crippen LogP contribution in [0.5, 0.6) is 23.0 Å². The van der Waals surface area contributed by atoms with Gasteiger partial charge in [0.05, 0.1) is 55.3 Å². The number of hydrogen-bond acceptors (Lipinski definition) is 13. The van der Waals surface area contributed by atoms with E-state index in [4.69, 9.17) is 23.9 Å². The average Bonchev–Trinajstić information content (AvgIpc) is 4.03. The van der Waals surface area contributed by atoms with Gasteiger partial charge in [-0.1, -0.05) is 64.1 Å². The van der Waals surface area contributed by atoms with Gasteiger partial charge in [-0.25, -0.2) is 5.43 Å². The third-order valence-electron chi connectivity index (χ3n) is 14.4. The molecule has 4 aliphatic heterocycles. The molecule has 0 bridgehead atoms. The highest BCUT2D eigenvalue weighted by molar-refractivity contribution is 6.15. The topological polar surface area (TPSA) is 231 Å². The maximum atomic E-state index is 14.1. The molecule has 0 aromatic heterocycles. The maximum Gasteiger partial charge on any atom is 0.261 e. The number of hydrogen-bond donors (Lipinski definition) is 5. The highest BCUT2D eigenvalue weighted by Crippen LogP contribution is 2.43. The molecule has 0 fully saturated rings. The number of aliphatic imine (C=N–C) groups is 1. The molecule has 5 aromatic rings. The van der Waals surface area contributed by atoms with Crippen molar-refractivity contribution in [2.45, 2.75) is 117 Å². The molecule has 80 heavy (non-hydrogen) atoms. The van der Waals surface area contributed by atoms with Crippen molar-refractivity contribution in [2.75, 3.05) is 47.7 Å². The van der Waals surface area contributed by atoms with E-state index in [0.717, 1.165) is 41.8 Å². The van der Waals surface area contributed by atoms with Crippen LogP contribution in [0.4, 0.5) is 28.4 Å². The van der Waals surface area contributed by atoms with Crippen molar-refractivity contribution in [1.29, 1.82) is 0 Å². The number of amides is 6. The Bertz CT molecular complexity index is 3170. The number of carbonyl (C=O) groups is 6. The normalized spacial score (nSPS) is 15.8. The van der Waals surface area contributed by atoms with Gasteiger partial charge in [-0.3, -0.25) is 38.7 Å². The molecule has 0 saturated carbocycles. The number of hydrazone groups is 1. The number of unbranched alkanes of at least 4 members (excludes halogenated alkanes) is 1. The molecule has 0 radical (unpaired) electrons. The predicted octanol–water partition coefficient (Wildman–Crippen LogP) is 8.83. The average molecular weight is 1090 g/mol. The quantitative estimate of drug-likeness (QED) is 0.0250. The van der Waals surface area contributed by atoms with Crippen molar-refractivity contribution in [3.63, 3.8) is 0 Å². The molecule has 4 heterocycles. The molecule has 6 amide bonds. The van der Waals surface area contributed by atoms with E-state index in [1.54, 1.807) is 53.7 Å². The van der Waals surface area contributed by atoms with E-state index >= 15 is 0 Å². The van der Waals surface area contributed by atoms with Crippen LogP contribution in [0.15, 0.2) is 101 Å². The Balaban J connectivity index is 0.00000416. The fourth-order valence-corrected chi connectivity index (χ4v) is 10.1. The van der Waals surface area contributed by atoms with E-state index in [2.05, 4.69) is 45.6 Å². The van der Waals surface area contributed by atoms with Gasteiger partial charge < -0.3 is 45.1 Å². The third-order valence-corrected chi connectivity index (χ3v) is 14.4. The molecule has 0 spiro atoms. The number of carbonyl (C=O) groups excluding carboxylic acids is 6. The molecule has 19 nitrogen and oxygen atoms in total. The fourth-order valence-electron chi connectivity index (χ4n) is 10.1. The van der Waals surface area contributed by atoms with Crippen LogP contribution in [0.1, 0.15) is 116 Å².